The van der Waals surface area contributed by atoms with Gasteiger partial charge in [0, 0.05) is 5.69 Å². The van der Waals surface area contributed by atoms with Crippen LogP contribution < -0.4 is 5.73 Å². The molecule has 16 heavy (non-hydrogen) atoms. The van der Waals surface area contributed by atoms with E-state index >= 15 is 0 Å². The van der Waals surface area contributed by atoms with Crippen LogP contribution in [0.25, 0.3) is 0 Å². The standard InChI is InChI=1S/C13H12N2S/c14-9-13-11(7-8-16-13)6-5-10-3-1-2-4-12(10)15/h1-4,7-8H,5-6,15H2. The Bertz CT molecular complexity index is 521. The summed E-state index contributed by atoms with van der Waals surface area (Å²) < 4.78 is 0. The average molecular weight is 228 g/mol. The van der Waals surface area contributed by atoms with Crippen LogP contribution in [0.1, 0.15) is 16.0 Å². The second-order valence-electron chi connectivity index (χ2n) is 3.59. The number of para-hydroxylation sites is 1. The zero-order chi connectivity index (χ0) is 11.4. The lowest BCUT2D eigenvalue weighted by Crippen LogP contribution is -1.96. The third kappa shape index (κ3) is 2.23. The fraction of sp³-hybridized carbons (Fsp3) is 0.154. The van der Waals surface area contributed by atoms with Crippen LogP contribution in [0.4, 0.5) is 5.69 Å². The van der Waals surface area contributed by atoms with Crippen LogP contribution >= 0.6 is 11.3 Å². The normalized spacial score (nSPS) is 9.94. The number of anilines is 1. The number of benzene rings is 1. The van der Waals surface area contributed by atoms with Crippen LogP contribution in [0.15, 0.2) is 35.7 Å². The number of rotatable bonds is 3. The Morgan fingerprint density at radius 1 is 1.12 bits per heavy atom. The Morgan fingerprint density at radius 3 is 2.62 bits per heavy atom. The third-order valence-corrected chi connectivity index (χ3v) is 3.43. The van der Waals surface area contributed by atoms with Gasteiger partial charge in [-0.05, 0) is 41.5 Å². The summed E-state index contributed by atoms with van der Waals surface area (Å²) in [6, 6.07) is 12.1. The Hall–Kier alpha value is -1.79. The summed E-state index contributed by atoms with van der Waals surface area (Å²) in [5.41, 5.74) is 8.97. The largest absolute Gasteiger partial charge is 0.399 e. The Morgan fingerprint density at radius 2 is 1.88 bits per heavy atom. The van der Waals surface area contributed by atoms with Gasteiger partial charge in [0.25, 0.3) is 0 Å². The zero-order valence-corrected chi connectivity index (χ0v) is 9.63. The molecule has 2 N–H and O–H groups in total. The highest BCUT2D eigenvalue weighted by Gasteiger charge is 2.04. The van der Waals surface area contributed by atoms with Gasteiger partial charge in [0.2, 0.25) is 0 Å². The molecule has 0 atom stereocenters. The molecule has 2 rings (SSSR count). The first-order valence-electron chi connectivity index (χ1n) is 5.11. The lowest BCUT2D eigenvalue weighted by atomic mass is 10.0. The molecule has 1 heterocycles. The summed E-state index contributed by atoms with van der Waals surface area (Å²) >= 11 is 1.50. The number of nitrogens with two attached hydrogens (primary N) is 1. The Kier molecular flexibility index (Phi) is 3.23. The van der Waals surface area contributed by atoms with Gasteiger partial charge in [-0.25, -0.2) is 0 Å². The van der Waals surface area contributed by atoms with Crippen molar-refractivity contribution >= 4 is 17.0 Å². The highest BCUT2D eigenvalue weighted by Crippen LogP contribution is 2.19. The van der Waals surface area contributed by atoms with Crippen LogP contribution in [0.3, 0.4) is 0 Å². The van der Waals surface area contributed by atoms with Gasteiger partial charge in [0.05, 0.1) is 0 Å². The zero-order valence-electron chi connectivity index (χ0n) is 8.81. The summed E-state index contributed by atoms with van der Waals surface area (Å²) in [4.78, 5) is 0.814. The van der Waals surface area contributed by atoms with Crippen molar-refractivity contribution in [2.24, 2.45) is 0 Å². The van der Waals surface area contributed by atoms with Gasteiger partial charge in [-0.1, -0.05) is 18.2 Å². The minimum Gasteiger partial charge on any atom is -0.399 e. The molecule has 3 heteroatoms. The van der Waals surface area contributed by atoms with E-state index in [0.717, 1.165) is 34.5 Å². The number of hydrogen-bond acceptors (Lipinski definition) is 3. The molecule has 2 aromatic rings. The van der Waals surface area contributed by atoms with Crippen molar-refractivity contribution in [2.45, 2.75) is 12.8 Å². The Labute approximate surface area is 99.0 Å². The van der Waals surface area contributed by atoms with Crippen molar-refractivity contribution in [2.75, 3.05) is 5.73 Å². The molecule has 1 aromatic heterocycles. The van der Waals surface area contributed by atoms with Gasteiger partial charge >= 0.3 is 0 Å². The van der Waals surface area contributed by atoms with Gasteiger partial charge in [0.15, 0.2) is 0 Å². The van der Waals surface area contributed by atoms with Crippen LogP contribution in [-0.2, 0) is 12.8 Å². The van der Waals surface area contributed by atoms with Gasteiger partial charge in [0.1, 0.15) is 10.9 Å². The second-order valence-corrected chi connectivity index (χ2v) is 4.50. The quantitative estimate of drug-likeness (QED) is 0.821. The minimum atomic E-state index is 0.814. The lowest BCUT2D eigenvalue weighted by Gasteiger charge is -2.04. The van der Waals surface area contributed by atoms with Crippen molar-refractivity contribution in [3.63, 3.8) is 0 Å². The molecule has 0 aliphatic rings. The maximum atomic E-state index is 8.89. The number of aryl methyl sites for hydroxylation is 2. The van der Waals surface area contributed by atoms with E-state index in [1.807, 2.05) is 35.7 Å². The molecule has 0 amide bonds. The average Bonchev–Trinajstić information content (AvgIpc) is 2.75. The fourth-order valence-electron chi connectivity index (χ4n) is 1.66. The predicted molar refractivity (Wildman–Crippen MR) is 67.3 cm³/mol. The molecule has 0 spiro atoms. The first-order valence-corrected chi connectivity index (χ1v) is 5.99. The molecule has 0 radical (unpaired) electrons. The molecular formula is C13H12N2S. The summed E-state index contributed by atoms with van der Waals surface area (Å²) in [6.07, 6.45) is 1.76. The molecular weight excluding hydrogens is 216 g/mol. The van der Waals surface area contributed by atoms with Crippen molar-refractivity contribution in [1.29, 1.82) is 5.26 Å². The van der Waals surface area contributed by atoms with Gasteiger partial charge in [-0.15, -0.1) is 11.3 Å². The van der Waals surface area contributed by atoms with Gasteiger partial charge < -0.3 is 5.73 Å². The number of thiophene rings is 1. The smallest absolute Gasteiger partial charge is 0.110 e. The number of nitrogens with zero attached hydrogens (tertiary/aromatic N) is 1. The fourth-order valence-corrected chi connectivity index (χ4v) is 2.40. The van der Waals surface area contributed by atoms with Crippen LogP contribution in [-0.4, -0.2) is 0 Å². The topological polar surface area (TPSA) is 49.8 Å². The van der Waals surface area contributed by atoms with Gasteiger partial charge in [-0.2, -0.15) is 5.26 Å². The number of nitriles is 1. The monoisotopic (exact) mass is 228 g/mol. The van der Waals surface area contributed by atoms with E-state index in [-0.39, 0.29) is 0 Å². The van der Waals surface area contributed by atoms with E-state index in [1.165, 1.54) is 11.3 Å². The van der Waals surface area contributed by atoms with Crippen molar-refractivity contribution in [3.8, 4) is 6.07 Å². The van der Waals surface area contributed by atoms with Crippen molar-refractivity contribution in [1.82, 2.24) is 0 Å². The summed E-state index contributed by atoms with van der Waals surface area (Å²) in [5, 5.41) is 10.9. The number of hydrogen-bond donors (Lipinski definition) is 1. The highest BCUT2D eigenvalue weighted by atomic mass is 32.1. The molecule has 0 unspecified atom stereocenters. The lowest BCUT2D eigenvalue weighted by molar-refractivity contribution is 0.965. The molecule has 0 aliphatic heterocycles. The maximum absolute atomic E-state index is 8.89. The highest BCUT2D eigenvalue weighted by molar-refractivity contribution is 7.10. The first kappa shape index (κ1) is 10.7. The van der Waals surface area contributed by atoms with Gasteiger partial charge in [-0.3, -0.25) is 0 Å². The van der Waals surface area contributed by atoms with Crippen LogP contribution in [0, 0.1) is 11.3 Å². The molecule has 0 saturated carbocycles. The molecule has 0 aliphatic carbocycles. The molecule has 2 nitrogen and oxygen atoms in total. The van der Waals surface area contributed by atoms with E-state index in [0.29, 0.717) is 0 Å². The van der Waals surface area contributed by atoms with E-state index < -0.39 is 0 Å². The number of nitrogen functional groups attached to an aromatic ring is 1. The van der Waals surface area contributed by atoms with E-state index in [9.17, 15) is 0 Å². The molecule has 80 valence electrons. The van der Waals surface area contributed by atoms with Crippen molar-refractivity contribution in [3.05, 3.63) is 51.7 Å². The molecule has 0 fully saturated rings. The SMILES string of the molecule is N#Cc1sccc1CCc1ccccc1N. The Balaban J connectivity index is 2.09. The van der Waals surface area contributed by atoms with E-state index in [1.54, 1.807) is 0 Å². The summed E-state index contributed by atoms with van der Waals surface area (Å²) in [7, 11) is 0. The minimum absolute atomic E-state index is 0.814. The van der Waals surface area contributed by atoms with Crippen LogP contribution in [0.5, 0.6) is 0 Å². The van der Waals surface area contributed by atoms with E-state index in [2.05, 4.69) is 6.07 Å². The second kappa shape index (κ2) is 4.82. The summed E-state index contributed by atoms with van der Waals surface area (Å²) in [5.74, 6) is 0. The molecule has 0 saturated heterocycles. The van der Waals surface area contributed by atoms with Crippen LogP contribution in [0.2, 0.25) is 0 Å². The van der Waals surface area contributed by atoms with E-state index in [4.69, 9.17) is 11.0 Å². The first-order chi connectivity index (χ1) is 7.81. The third-order valence-electron chi connectivity index (χ3n) is 2.57. The van der Waals surface area contributed by atoms with Crippen molar-refractivity contribution < 1.29 is 0 Å². The molecule has 0 bridgehead atoms. The summed E-state index contributed by atoms with van der Waals surface area (Å²) in [6.45, 7) is 0. The predicted octanol–water partition coefficient (Wildman–Crippen LogP) is 2.99. The molecule has 1 aromatic carbocycles. The maximum Gasteiger partial charge on any atom is 0.110 e.